The smallest absolute Gasteiger partial charge is 0.407 e. The van der Waals surface area contributed by atoms with Gasteiger partial charge in [0.1, 0.15) is 6.61 Å². The number of benzene rings is 2. The third-order valence-corrected chi connectivity index (χ3v) is 6.55. The lowest BCUT2D eigenvalue weighted by molar-refractivity contribution is -0.130. The highest BCUT2D eigenvalue weighted by molar-refractivity contribution is 5.87. The van der Waals surface area contributed by atoms with Crippen LogP contribution >= 0.6 is 0 Å². The summed E-state index contributed by atoms with van der Waals surface area (Å²) in [6, 6.07) is 16.2. The number of aromatic nitrogens is 1. The van der Waals surface area contributed by atoms with Gasteiger partial charge in [-0.2, -0.15) is 0 Å². The van der Waals surface area contributed by atoms with Crippen molar-refractivity contribution in [1.29, 1.82) is 0 Å². The van der Waals surface area contributed by atoms with E-state index in [-0.39, 0.29) is 43.0 Å². The van der Waals surface area contributed by atoms with Crippen LogP contribution in [0.4, 0.5) is 4.79 Å². The fourth-order valence-corrected chi connectivity index (χ4v) is 4.23. The monoisotopic (exact) mass is 477 g/mol. The van der Waals surface area contributed by atoms with Crippen molar-refractivity contribution in [2.75, 3.05) is 13.2 Å². The number of ether oxygens (including phenoxy) is 1. The van der Waals surface area contributed by atoms with Crippen molar-refractivity contribution >= 4 is 18.0 Å². The van der Waals surface area contributed by atoms with Gasteiger partial charge in [0, 0.05) is 12.5 Å². The number of carbonyl (C=O) groups excluding carboxylic acids is 2. The van der Waals surface area contributed by atoms with E-state index in [9.17, 15) is 14.4 Å². The van der Waals surface area contributed by atoms with Gasteiger partial charge >= 0.3 is 12.1 Å². The molecule has 9 nitrogen and oxygen atoms in total. The highest BCUT2D eigenvalue weighted by Gasteiger charge is 2.33. The van der Waals surface area contributed by atoms with Crippen molar-refractivity contribution in [2.45, 2.75) is 32.7 Å². The van der Waals surface area contributed by atoms with Crippen molar-refractivity contribution in [2.24, 2.45) is 5.41 Å². The lowest BCUT2D eigenvalue weighted by Gasteiger charge is -2.27. The zero-order valence-electron chi connectivity index (χ0n) is 19.5. The fraction of sp³-hybridized carbons (Fsp3) is 0.308. The second-order valence-corrected chi connectivity index (χ2v) is 8.71. The molecule has 0 saturated carbocycles. The summed E-state index contributed by atoms with van der Waals surface area (Å²) >= 11 is 0. The van der Waals surface area contributed by atoms with E-state index in [4.69, 9.17) is 14.3 Å². The Morgan fingerprint density at radius 2 is 1.69 bits per heavy atom. The maximum atomic E-state index is 12.8. The molecule has 3 aromatic rings. The van der Waals surface area contributed by atoms with Gasteiger partial charge in [-0.1, -0.05) is 55.5 Å². The van der Waals surface area contributed by atoms with E-state index in [0.717, 1.165) is 28.6 Å². The molecular formula is C26H27N3O6. The summed E-state index contributed by atoms with van der Waals surface area (Å²) in [5, 5.41) is 14.5. The molecule has 35 heavy (non-hydrogen) atoms. The van der Waals surface area contributed by atoms with Crippen LogP contribution in [0.25, 0.3) is 11.1 Å². The third-order valence-electron chi connectivity index (χ3n) is 6.55. The Morgan fingerprint density at radius 3 is 2.29 bits per heavy atom. The number of carboxylic acid groups (broad SMARTS) is 1. The van der Waals surface area contributed by atoms with Gasteiger partial charge in [0.2, 0.25) is 5.91 Å². The van der Waals surface area contributed by atoms with Crippen molar-refractivity contribution in [3.63, 3.8) is 0 Å². The summed E-state index contributed by atoms with van der Waals surface area (Å²) in [4.78, 5) is 40.1. The number of nitrogens with one attached hydrogen (secondary N) is 2. The summed E-state index contributed by atoms with van der Waals surface area (Å²) in [5.74, 6) is -1.60. The number of hydrogen-bond donors (Lipinski definition) is 3. The summed E-state index contributed by atoms with van der Waals surface area (Å²) < 4.78 is 10.6. The van der Waals surface area contributed by atoms with Crippen molar-refractivity contribution < 1.29 is 28.6 Å². The Balaban J connectivity index is 1.33. The molecule has 9 heteroatoms. The average Bonchev–Trinajstić information content (AvgIpc) is 3.47. The predicted molar refractivity (Wildman–Crippen MR) is 127 cm³/mol. The van der Waals surface area contributed by atoms with E-state index in [1.165, 1.54) is 0 Å². The molecule has 1 atom stereocenters. The summed E-state index contributed by atoms with van der Waals surface area (Å²) in [7, 11) is 0. The minimum absolute atomic E-state index is 0.0498. The first-order valence-electron chi connectivity index (χ1n) is 11.4. The molecule has 1 aromatic heterocycles. The molecule has 3 N–H and O–H groups in total. The van der Waals surface area contributed by atoms with Gasteiger partial charge in [-0.25, -0.2) is 14.6 Å². The molecule has 1 heterocycles. The van der Waals surface area contributed by atoms with Gasteiger partial charge in [0.05, 0.1) is 12.0 Å². The summed E-state index contributed by atoms with van der Waals surface area (Å²) in [6.45, 7) is 3.65. The van der Waals surface area contributed by atoms with Gasteiger partial charge in [-0.05, 0) is 35.6 Å². The van der Waals surface area contributed by atoms with Crippen LogP contribution in [0.5, 0.6) is 0 Å². The Kier molecular flexibility index (Phi) is 6.86. The van der Waals surface area contributed by atoms with Crippen LogP contribution in [0.15, 0.2) is 59.3 Å². The quantitative estimate of drug-likeness (QED) is 0.425. The standard InChI is InChI=1S/C26H27N3O6/c1-3-26(2,24(32)27-12-21-22(23(30)31)29-15-35-21)14-28-25(33)34-13-20-18-10-6-4-8-16(18)17-9-5-7-11-19(17)20/h4-11,15,20H,3,12-14H2,1-2H3,(H,27,32)(H,28,33)(H,30,31). The highest BCUT2D eigenvalue weighted by Crippen LogP contribution is 2.44. The van der Waals surface area contributed by atoms with E-state index < -0.39 is 17.5 Å². The molecule has 0 radical (unpaired) electrons. The number of oxazole rings is 1. The first-order valence-corrected chi connectivity index (χ1v) is 11.4. The number of nitrogens with zero attached hydrogens (tertiary/aromatic N) is 1. The molecule has 1 aliphatic carbocycles. The van der Waals surface area contributed by atoms with E-state index in [1.807, 2.05) is 43.3 Å². The number of fused-ring (bicyclic) bond motifs is 3. The highest BCUT2D eigenvalue weighted by atomic mass is 16.5. The molecular weight excluding hydrogens is 450 g/mol. The van der Waals surface area contributed by atoms with Gasteiger partial charge < -0.3 is 24.9 Å². The number of aromatic carboxylic acids is 1. The van der Waals surface area contributed by atoms with Gasteiger partial charge in [0.15, 0.2) is 17.8 Å². The second kappa shape index (κ2) is 10.0. The maximum absolute atomic E-state index is 12.8. The van der Waals surface area contributed by atoms with Crippen molar-refractivity contribution in [1.82, 2.24) is 15.6 Å². The van der Waals surface area contributed by atoms with E-state index in [0.29, 0.717) is 6.42 Å². The Morgan fingerprint density at radius 1 is 1.06 bits per heavy atom. The van der Waals surface area contributed by atoms with Crippen molar-refractivity contribution in [3.05, 3.63) is 77.5 Å². The molecule has 2 amide bonds. The molecule has 0 bridgehead atoms. The van der Waals surface area contributed by atoms with Gasteiger partial charge in [-0.3, -0.25) is 4.79 Å². The number of carboxylic acids is 1. The first kappa shape index (κ1) is 24.0. The van der Waals surface area contributed by atoms with Gasteiger partial charge in [-0.15, -0.1) is 0 Å². The van der Waals surface area contributed by atoms with E-state index in [1.54, 1.807) is 6.92 Å². The zero-order chi connectivity index (χ0) is 25.0. The Labute approximate surface area is 202 Å². The predicted octanol–water partition coefficient (Wildman–Crippen LogP) is 3.94. The molecule has 182 valence electrons. The number of alkyl carbamates (subject to hydrolysis) is 1. The molecule has 0 saturated heterocycles. The normalized spacial score (nSPS) is 13.9. The average molecular weight is 478 g/mol. The number of hydrogen-bond acceptors (Lipinski definition) is 6. The molecule has 1 aliphatic rings. The molecule has 0 spiro atoms. The zero-order valence-corrected chi connectivity index (χ0v) is 19.5. The molecule has 1 unspecified atom stereocenters. The van der Waals surface area contributed by atoms with E-state index >= 15 is 0 Å². The van der Waals surface area contributed by atoms with Crippen LogP contribution in [0.2, 0.25) is 0 Å². The summed E-state index contributed by atoms with van der Waals surface area (Å²) in [6.07, 6.45) is 0.843. The van der Waals surface area contributed by atoms with Gasteiger partial charge in [0.25, 0.3) is 0 Å². The van der Waals surface area contributed by atoms with Crippen LogP contribution in [-0.4, -0.2) is 41.2 Å². The van der Waals surface area contributed by atoms with Crippen LogP contribution in [0.3, 0.4) is 0 Å². The number of amides is 2. The van der Waals surface area contributed by atoms with Crippen LogP contribution in [0, 0.1) is 5.41 Å². The van der Waals surface area contributed by atoms with Crippen molar-refractivity contribution in [3.8, 4) is 11.1 Å². The maximum Gasteiger partial charge on any atom is 0.407 e. The third kappa shape index (κ3) is 4.89. The Bertz CT molecular complexity index is 1210. The van der Waals surface area contributed by atoms with Crippen LogP contribution in [-0.2, 0) is 16.1 Å². The molecule has 4 rings (SSSR count). The fourth-order valence-electron chi connectivity index (χ4n) is 4.23. The lowest BCUT2D eigenvalue weighted by Crippen LogP contribution is -2.46. The topological polar surface area (TPSA) is 131 Å². The Hall–Kier alpha value is -4.14. The summed E-state index contributed by atoms with van der Waals surface area (Å²) in [5.41, 5.74) is 3.34. The minimum Gasteiger partial charge on any atom is -0.476 e. The molecule has 2 aromatic carbocycles. The molecule has 0 aliphatic heterocycles. The molecule has 0 fully saturated rings. The first-order chi connectivity index (χ1) is 16.8. The number of rotatable bonds is 9. The largest absolute Gasteiger partial charge is 0.476 e. The number of carbonyl (C=O) groups is 3. The SMILES string of the molecule is CCC(C)(CNC(=O)OCC1c2ccccc2-c2ccccc21)C(=O)NCc1ocnc1C(=O)O. The van der Waals surface area contributed by atoms with E-state index in [2.05, 4.69) is 27.8 Å². The minimum atomic E-state index is -1.24. The second-order valence-electron chi connectivity index (χ2n) is 8.71. The van der Waals surface area contributed by atoms with Crippen LogP contribution in [0.1, 0.15) is 53.6 Å². The van der Waals surface area contributed by atoms with Crippen LogP contribution < -0.4 is 10.6 Å². The lowest BCUT2D eigenvalue weighted by atomic mass is 9.86.